The lowest BCUT2D eigenvalue weighted by Crippen LogP contribution is -2.23. The van der Waals surface area contributed by atoms with Crippen molar-refractivity contribution < 1.29 is 0 Å². The number of fused-ring (bicyclic) bond motifs is 1. The molecule has 0 amide bonds. The number of benzene rings is 1. The van der Waals surface area contributed by atoms with Crippen LogP contribution < -0.4 is 5.73 Å². The highest BCUT2D eigenvalue weighted by molar-refractivity contribution is 6.31. The van der Waals surface area contributed by atoms with Crippen LogP contribution in [0.25, 0.3) is 11.0 Å². The second kappa shape index (κ2) is 4.47. The topological polar surface area (TPSA) is 43.8 Å². The molecule has 98 valence electrons. The number of nitrogen functional groups attached to an aromatic ring is 1. The molecule has 3 nitrogen and oxygen atoms in total. The summed E-state index contributed by atoms with van der Waals surface area (Å²) >= 11 is 6.04. The Kier molecular flexibility index (Phi) is 3.28. The first-order chi connectivity index (χ1) is 8.29. The van der Waals surface area contributed by atoms with Crippen LogP contribution in [0.4, 0.5) is 5.95 Å². The summed E-state index contributed by atoms with van der Waals surface area (Å²) in [6.07, 6.45) is 0. The van der Waals surface area contributed by atoms with Crippen LogP contribution in [0.3, 0.4) is 0 Å². The maximum atomic E-state index is 6.04. The Labute approximate surface area is 113 Å². The normalized spacial score (nSPS) is 14.1. The molecule has 2 N–H and O–H groups in total. The van der Waals surface area contributed by atoms with E-state index in [-0.39, 0.29) is 5.41 Å². The van der Waals surface area contributed by atoms with Crippen LogP contribution in [-0.4, -0.2) is 9.55 Å². The van der Waals surface area contributed by atoms with E-state index in [2.05, 4.69) is 37.2 Å². The van der Waals surface area contributed by atoms with Crippen molar-refractivity contribution in [3.05, 3.63) is 23.2 Å². The molecule has 0 bridgehead atoms. The molecule has 0 aliphatic carbocycles. The van der Waals surface area contributed by atoms with Gasteiger partial charge in [-0.15, -0.1) is 0 Å². The molecule has 0 fully saturated rings. The summed E-state index contributed by atoms with van der Waals surface area (Å²) in [5, 5.41) is 0.715. The number of hydrogen-bond acceptors (Lipinski definition) is 2. The number of anilines is 1. The van der Waals surface area contributed by atoms with Crippen LogP contribution in [-0.2, 0) is 6.54 Å². The Morgan fingerprint density at radius 3 is 2.67 bits per heavy atom. The highest BCUT2D eigenvalue weighted by atomic mass is 35.5. The number of hydrogen-bond donors (Lipinski definition) is 1. The lowest BCUT2D eigenvalue weighted by atomic mass is 9.82. The minimum absolute atomic E-state index is 0.238. The van der Waals surface area contributed by atoms with E-state index in [9.17, 15) is 0 Å². The second-order valence-corrected chi connectivity index (χ2v) is 6.42. The van der Waals surface area contributed by atoms with Gasteiger partial charge in [0.2, 0.25) is 5.95 Å². The highest BCUT2D eigenvalue weighted by Gasteiger charge is 2.22. The minimum atomic E-state index is 0.238. The fourth-order valence-corrected chi connectivity index (χ4v) is 2.02. The number of aromatic nitrogens is 2. The van der Waals surface area contributed by atoms with Gasteiger partial charge >= 0.3 is 0 Å². The Morgan fingerprint density at radius 2 is 2.06 bits per heavy atom. The van der Waals surface area contributed by atoms with E-state index in [1.54, 1.807) is 0 Å². The van der Waals surface area contributed by atoms with Crippen molar-refractivity contribution in [2.75, 3.05) is 5.73 Å². The molecule has 0 aliphatic heterocycles. The Bertz CT molecular complexity index is 566. The molecule has 0 aliphatic rings. The summed E-state index contributed by atoms with van der Waals surface area (Å²) in [4.78, 5) is 4.37. The third kappa shape index (κ3) is 2.46. The SMILES string of the molecule is CC(Cn1c(N)nc2ccc(Cl)cc21)C(C)(C)C. The number of nitrogens with zero attached hydrogens (tertiary/aromatic N) is 2. The van der Waals surface area contributed by atoms with Gasteiger partial charge in [-0.05, 0) is 29.5 Å². The molecule has 0 radical (unpaired) electrons. The third-order valence-electron chi connectivity index (χ3n) is 3.67. The fourth-order valence-electron chi connectivity index (χ4n) is 1.85. The first kappa shape index (κ1) is 13.2. The summed E-state index contributed by atoms with van der Waals surface area (Å²) in [7, 11) is 0. The average Bonchev–Trinajstić information content (AvgIpc) is 2.54. The molecule has 0 spiro atoms. The molecule has 1 heterocycles. The van der Waals surface area contributed by atoms with Crippen molar-refractivity contribution in [1.82, 2.24) is 9.55 Å². The molecule has 2 aromatic rings. The zero-order valence-electron chi connectivity index (χ0n) is 11.4. The highest BCUT2D eigenvalue weighted by Crippen LogP contribution is 2.30. The van der Waals surface area contributed by atoms with Crippen LogP contribution in [0.15, 0.2) is 18.2 Å². The van der Waals surface area contributed by atoms with Gasteiger partial charge in [0.15, 0.2) is 0 Å². The van der Waals surface area contributed by atoms with Gasteiger partial charge in [0, 0.05) is 11.6 Å². The monoisotopic (exact) mass is 265 g/mol. The van der Waals surface area contributed by atoms with Gasteiger partial charge in [-0.3, -0.25) is 0 Å². The quantitative estimate of drug-likeness (QED) is 0.893. The number of nitrogens with two attached hydrogens (primary N) is 1. The standard InChI is InChI=1S/C14H20ClN3/c1-9(14(2,3)4)8-18-12-7-10(15)5-6-11(12)17-13(18)16/h5-7,9H,8H2,1-4H3,(H2,16,17). The molecule has 1 aromatic carbocycles. The number of rotatable bonds is 2. The summed E-state index contributed by atoms with van der Waals surface area (Å²) in [5.41, 5.74) is 8.15. The van der Waals surface area contributed by atoms with Gasteiger partial charge in [0.05, 0.1) is 11.0 Å². The Morgan fingerprint density at radius 1 is 1.39 bits per heavy atom. The molecular formula is C14H20ClN3. The minimum Gasteiger partial charge on any atom is -0.369 e. The van der Waals surface area contributed by atoms with Crippen LogP contribution in [0, 0.1) is 11.3 Å². The zero-order chi connectivity index (χ0) is 13.5. The van der Waals surface area contributed by atoms with Crippen molar-refractivity contribution in [2.24, 2.45) is 11.3 Å². The molecule has 4 heteroatoms. The van der Waals surface area contributed by atoms with Gasteiger partial charge in [-0.25, -0.2) is 4.98 Å². The Hall–Kier alpha value is -1.22. The van der Waals surface area contributed by atoms with E-state index >= 15 is 0 Å². The lowest BCUT2D eigenvalue weighted by Gasteiger charge is -2.28. The van der Waals surface area contributed by atoms with E-state index < -0.39 is 0 Å². The van der Waals surface area contributed by atoms with Crippen LogP contribution >= 0.6 is 11.6 Å². The molecular weight excluding hydrogens is 246 g/mol. The molecule has 2 rings (SSSR count). The summed E-state index contributed by atoms with van der Waals surface area (Å²) in [6.45, 7) is 9.79. The number of imidazole rings is 1. The van der Waals surface area contributed by atoms with Crippen molar-refractivity contribution in [3.63, 3.8) is 0 Å². The molecule has 0 saturated heterocycles. The molecule has 0 saturated carbocycles. The van der Waals surface area contributed by atoms with Crippen LogP contribution in [0.1, 0.15) is 27.7 Å². The Balaban J connectivity index is 2.44. The van der Waals surface area contributed by atoms with Crippen LogP contribution in [0.5, 0.6) is 0 Å². The maximum absolute atomic E-state index is 6.04. The number of halogens is 1. The van der Waals surface area contributed by atoms with Gasteiger partial charge in [-0.1, -0.05) is 39.3 Å². The van der Waals surface area contributed by atoms with Crippen molar-refractivity contribution in [3.8, 4) is 0 Å². The average molecular weight is 266 g/mol. The smallest absolute Gasteiger partial charge is 0.201 e. The van der Waals surface area contributed by atoms with Gasteiger partial charge in [0.25, 0.3) is 0 Å². The first-order valence-electron chi connectivity index (χ1n) is 6.20. The zero-order valence-corrected chi connectivity index (χ0v) is 12.1. The molecule has 1 aromatic heterocycles. The first-order valence-corrected chi connectivity index (χ1v) is 6.58. The second-order valence-electron chi connectivity index (χ2n) is 5.98. The summed E-state index contributed by atoms with van der Waals surface area (Å²) in [6, 6.07) is 5.68. The predicted octanol–water partition coefficient (Wildman–Crippen LogP) is 3.95. The summed E-state index contributed by atoms with van der Waals surface area (Å²) < 4.78 is 2.05. The molecule has 1 unspecified atom stereocenters. The van der Waals surface area contributed by atoms with Crippen molar-refractivity contribution in [1.29, 1.82) is 0 Å². The van der Waals surface area contributed by atoms with Gasteiger partial charge in [-0.2, -0.15) is 0 Å². The van der Waals surface area contributed by atoms with E-state index in [1.807, 2.05) is 18.2 Å². The largest absolute Gasteiger partial charge is 0.369 e. The predicted molar refractivity (Wildman–Crippen MR) is 77.8 cm³/mol. The van der Waals surface area contributed by atoms with Crippen molar-refractivity contribution in [2.45, 2.75) is 34.2 Å². The maximum Gasteiger partial charge on any atom is 0.201 e. The molecule has 18 heavy (non-hydrogen) atoms. The lowest BCUT2D eigenvalue weighted by molar-refractivity contribution is 0.236. The van der Waals surface area contributed by atoms with E-state index in [4.69, 9.17) is 17.3 Å². The summed E-state index contributed by atoms with van der Waals surface area (Å²) in [5.74, 6) is 1.06. The van der Waals surface area contributed by atoms with E-state index in [1.165, 1.54) is 0 Å². The van der Waals surface area contributed by atoms with E-state index in [0.717, 1.165) is 17.6 Å². The van der Waals surface area contributed by atoms with Crippen molar-refractivity contribution >= 4 is 28.6 Å². The van der Waals surface area contributed by atoms with Gasteiger partial charge < -0.3 is 10.3 Å². The third-order valence-corrected chi connectivity index (χ3v) is 3.91. The van der Waals surface area contributed by atoms with E-state index in [0.29, 0.717) is 16.9 Å². The molecule has 1 atom stereocenters. The fraction of sp³-hybridized carbons (Fsp3) is 0.500. The van der Waals surface area contributed by atoms with Gasteiger partial charge in [0.1, 0.15) is 0 Å². The van der Waals surface area contributed by atoms with Crippen LogP contribution in [0.2, 0.25) is 5.02 Å².